The topological polar surface area (TPSA) is 37.3 Å². The lowest BCUT2D eigenvalue weighted by molar-refractivity contribution is 0.0989. The van der Waals surface area contributed by atoms with Crippen LogP contribution in [0.5, 0.6) is 0 Å². The molecule has 3 rings (SSSR count). The third-order valence-electron chi connectivity index (χ3n) is 4.39. The molecule has 0 radical (unpaired) electrons. The molecule has 2 nitrogen and oxygen atoms in total. The molecule has 3 aromatic rings. The Morgan fingerprint density at radius 1 is 0.808 bits per heavy atom. The summed E-state index contributed by atoms with van der Waals surface area (Å²) >= 11 is 0. The van der Waals surface area contributed by atoms with Crippen LogP contribution in [0.3, 0.4) is 0 Å². The van der Waals surface area contributed by atoms with E-state index in [-0.39, 0.29) is 5.78 Å². The lowest BCUT2D eigenvalue weighted by Crippen LogP contribution is -2.12. The third-order valence-corrected chi connectivity index (χ3v) is 4.39. The van der Waals surface area contributed by atoms with Gasteiger partial charge in [-0.25, -0.2) is 0 Å². The first-order chi connectivity index (χ1) is 12.5. The van der Waals surface area contributed by atoms with Crippen LogP contribution in [0.2, 0.25) is 0 Å². The molecule has 1 N–H and O–H groups in total. The van der Waals surface area contributed by atoms with Crippen LogP contribution in [0, 0.1) is 13.8 Å². The van der Waals surface area contributed by atoms with E-state index in [1.807, 2.05) is 80.6 Å². The average molecular weight is 342 g/mol. The van der Waals surface area contributed by atoms with Gasteiger partial charge in [0, 0.05) is 11.1 Å². The Kier molecular flexibility index (Phi) is 5.45. The minimum atomic E-state index is -0.982. The Morgan fingerprint density at radius 3 is 1.92 bits per heavy atom. The summed E-state index contributed by atoms with van der Waals surface area (Å²) in [5.74, 6) is -0.165. The number of aliphatic hydroxyl groups excluding tert-OH is 1. The van der Waals surface area contributed by atoms with Crippen LogP contribution in [-0.4, -0.2) is 10.9 Å². The number of hydrogen-bond donors (Lipinski definition) is 1. The van der Waals surface area contributed by atoms with E-state index in [1.54, 1.807) is 18.2 Å². The highest BCUT2D eigenvalue weighted by Crippen LogP contribution is 2.27. The van der Waals surface area contributed by atoms with Gasteiger partial charge < -0.3 is 5.11 Å². The molecule has 0 aliphatic heterocycles. The largest absolute Gasteiger partial charge is 0.384 e. The maximum absolute atomic E-state index is 13.1. The van der Waals surface area contributed by atoms with Crippen molar-refractivity contribution >= 4 is 11.9 Å². The number of carbonyl (C=O) groups excluding carboxylic acids is 1. The summed E-state index contributed by atoms with van der Waals surface area (Å²) in [6, 6.07) is 24.6. The van der Waals surface area contributed by atoms with Crippen LogP contribution >= 0.6 is 0 Å². The molecule has 0 saturated carbocycles. The summed E-state index contributed by atoms with van der Waals surface area (Å²) in [4.78, 5) is 13.1. The van der Waals surface area contributed by atoms with Gasteiger partial charge in [-0.3, -0.25) is 4.79 Å². The number of rotatable bonds is 5. The minimum absolute atomic E-state index is 0.165. The van der Waals surface area contributed by atoms with E-state index < -0.39 is 6.10 Å². The maximum Gasteiger partial charge on any atom is 0.191 e. The predicted octanol–water partition coefficient (Wildman–Crippen LogP) is 5.30. The smallest absolute Gasteiger partial charge is 0.191 e. The third kappa shape index (κ3) is 4.16. The number of aliphatic hydroxyl groups is 1. The lowest BCUT2D eigenvalue weighted by atomic mass is 9.92. The Morgan fingerprint density at radius 2 is 1.35 bits per heavy atom. The second-order valence-electron chi connectivity index (χ2n) is 6.52. The zero-order valence-corrected chi connectivity index (χ0v) is 15.0. The SMILES string of the molecule is Cc1ccc(C(=O)/C(=C\c2ccccc2)C(O)c2ccc(C)cc2)cc1. The molecule has 0 amide bonds. The van der Waals surface area contributed by atoms with Gasteiger partial charge in [-0.05, 0) is 31.1 Å². The number of hydrogen-bond acceptors (Lipinski definition) is 2. The van der Waals surface area contributed by atoms with Crippen molar-refractivity contribution < 1.29 is 9.90 Å². The fourth-order valence-electron chi connectivity index (χ4n) is 2.80. The van der Waals surface area contributed by atoms with Gasteiger partial charge in [-0.1, -0.05) is 90.0 Å². The van der Waals surface area contributed by atoms with Gasteiger partial charge in [0.05, 0.1) is 0 Å². The molecule has 0 heterocycles. The second-order valence-corrected chi connectivity index (χ2v) is 6.52. The van der Waals surface area contributed by atoms with E-state index in [2.05, 4.69) is 0 Å². The van der Waals surface area contributed by atoms with Crippen molar-refractivity contribution in [2.45, 2.75) is 20.0 Å². The van der Waals surface area contributed by atoms with Crippen LogP contribution in [0.15, 0.2) is 84.4 Å². The quantitative estimate of drug-likeness (QED) is 0.504. The summed E-state index contributed by atoms with van der Waals surface area (Å²) < 4.78 is 0. The number of carbonyl (C=O) groups is 1. The van der Waals surface area contributed by atoms with Gasteiger partial charge in [0.1, 0.15) is 6.10 Å². The lowest BCUT2D eigenvalue weighted by Gasteiger charge is -2.16. The second kappa shape index (κ2) is 7.94. The zero-order valence-electron chi connectivity index (χ0n) is 15.0. The molecule has 0 aromatic heterocycles. The molecule has 130 valence electrons. The van der Waals surface area contributed by atoms with E-state index in [1.165, 1.54) is 0 Å². The normalized spacial score (nSPS) is 12.7. The molecular formula is C24H22O2. The first kappa shape index (κ1) is 17.8. The molecule has 0 fully saturated rings. The first-order valence-electron chi connectivity index (χ1n) is 8.67. The molecule has 3 aromatic carbocycles. The van der Waals surface area contributed by atoms with Gasteiger partial charge in [0.2, 0.25) is 0 Å². The molecule has 26 heavy (non-hydrogen) atoms. The van der Waals surface area contributed by atoms with Gasteiger partial charge in [-0.2, -0.15) is 0 Å². The van der Waals surface area contributed by atoms with Crippen LogP contribution in [0.1, 0.15) is 38.7 Å². The Hall–Kier alpha value is -2.97. The minimum Gasteiger partial charge on any atom is -0.384 e. The molecule has 1 atom stereocenters. The predicted molar refractivity (Wildman–Crippen MR) is 106 cm³/mol. The van der Waals surface area contributed by atoms with Gasteiger partial charge in [-0.15, -0.1) is 0 Å². The van der Waals surface area contributed by atoms with Crippen LogP contribution in [0.4, 0.5) is 0 Å². The summed E-state index contributed by atoms with van der Waals surface area (Å²) in [6.45, 7) is 3.98. The molecule has 1 unspecified atom stereocenters. The van der Waals surface area contributed by atoms with Crippen LogP contribution in [-0.2, 0) is 0 Å². The van der Waals surface area contributed by atoms with Crippen molar-refractivity contribution in [1.29, 1.82) is 0 Å². The Bertz CT molecular complexity index is 905. The molecule has 0 aliphatic rings. The van der Waals surface area contributed by atoms with Crippen molar-refractivity contribution in [2.75, 3.05) is 0 Å². The highest BCUT2D eigenvalue weighted by Gasteiger charge is 2.22. The monoisotopic (exact) mass is 342 g/mol. The summed E-state index contributed by atoms with van der Waals surface area (Å²) in [5, 5.41) is 10.9. The highest BCUT2D eigenvalue weighted by atomic mass is 16.3. The number of benzene rings is 3. The highest BCUT2D eigenvalue weighted by molar-refractivity contribution is 6.12. The van der Waals surface area contributed by atoms with Crippen molar-refractivity contribution in [3.63, 3.8) is 0 Å². The molecule has 0 spiro atoms. The fourth-order valence-corrected chi connectivity index (χ4v) is 2.80. The first-order valence-corrected chi connectivity index (χ1v) is 8.67. The van der Waals surface area contributed by atoms with E-state index in [9.17, 15) is 9.90 Å². The molecule has 0 bridgehead atoms. The van der Waals surface area contributed by atoms with Gasteiger partial charge >= 0.3 is 0 Å². The van der Waals surface area contributed by atoms with Crippen LogP contribution in [0.25, 0.3) is 6.08 Å². The standard InChI is InChI=1S/C24H22O2/c1-17-8-12-20(13-9-17)23(25)22(16-19-6-4-3-5-7-19)24(26)21-14-10-18(2)11-15-21/h3-16,23,25H,1-2H3/b22-16-. The number of Topliss-reactive ketones (excluding diaryl/α,β-unsaturated/α-hetero) is 1. The van der Waals surface area contributed by atoms with E-state index in [0.717, 1.165) is 16.7 Å². The van der Waals surface area contributed by atoms with Crippen molar-refractivity contribution in [2.24, 2.45) is 0 Å². The van der Waals surface area contributed by atoms with Gasteiger partial charge in [0.15, 0.2) is 5.78 Å². The fraction of sp³-hybridized carbons (Fsp3) is 0.125. The number of aryl methyl sites for hydroxylation is 2. The molecule has 2 heteroatoms. The Balaban J connectivity index is 2.04. The van der Waals surface area contributed by atoms with Crippen molar-refractivity contribution in [3.8, 4) is 0 Å². The van der Waals surface area contributed by atoms with E-state index in [4.69, 9.17) is 0 Å². The number of ketones is 1. The van der Waals surface area contributed by atoms with Crippen LogP contribution < -0.4 is 0 Å². The average Bonchev–Trinajstić information content (AvgIpc) is 2.67. The van der Waals surface area contributed by atoms with Gasteiger partial charge in [0.25, 0.3) is 0 Å². The molecule has 0 saturated heterocycles. The van der Waals surface area contributed by atoms with Crippen molar-refractivity contribution in [3.05, 3.63) is 112 Å². The summed E-state index contributed by atoms with van der Waals surface area (Å²) in [6.07, 6.45) is 0.789. The molecular weight excluding hydrogens is 320 g/mol. The Labute approximate surface area is 154 Å². The molecule has 0 aliphatic carbocycles. The summed E-state index contributed by atoms with van der Waals surface area (Å²) in [5.41, 5.74) is 4.73. The van der Waals surface area contributed by atoms with E-state index in [0.29, 0.717) is 16.7 Å². The maximum atomic E-state index is 13.1. The summed E-state index contributed by atoms with van der Waals surface area (Å²) in [7, 11) is 0. The zero-order chi connectivity index (χ0) is 18.5. The van der Waals surface area contributed by atoms with E-state index >= 15 is 0 Å². The van der Waals surface area contributed by atoms with Crippen molar-refractivity contribution in [1.82, 2.24) is 0 Å².